The molecule has 8 rings (SSSR count). The summed E-state index contributed by atoms with van der Waals surface area (Å²) in [5.74, 6) is -16.5. The zero-order chi connectivity index (χ0) is 78.2. The minimum absolute atomic E-state index is 0.0174. The minimum atomic E-state index is -5.20. The van der Waals surface area contributed by atoms with Crippen LogP contribution in [0.25, 0.3) is 0 Å². The van der Waals surface area contributed by atoms with Gasteiger partial charge in [0, 0.05) is 68.5 Å². The monoisotopic (exact) mass is 1520 g/mol. The Hall–Kier alpha value is -6.96. The predicted molar refractivity (Wildman–Crippen MR) is 370 cm³/mol. The first kappa shape index (κ1) is 84.7. The van der Waals surface area contributed by atoms with Gasteiger partial charge in [0.25, 0.3) is 0 Å². The molecular formula is C73H112F8N12O13. The number of hydrogen-bond donors (Lipinski definition) is 3. The molecule has 0 aromatic heterocycles. The van der Waals surface area contributed by atoms with Crippen LogP contribution in [0, 0.1) is 41.4 Å². The molecule has 0 radical (unpaired) electrons. The summed E-state index contributed by atoms with van der Waals surface area (Å²) >= 11 is 0. The van der Waals surface area contributed by atoms with Gasteiger partial charge in [0.05, 0.1) is 38.6 Å². The van der Waals surface area contributed by atoms with Crippen LogP contribution >= 0.6 is 0 Å². The van der Waals surface area contributed by atoms with Crippen molar-refractivity contribution in [2.45, 2.75) is 254 Å². The number of likely N-dealkylation sites (N-methyl/N-ethyl adjacent to an activating group) is 6. The van der Waals surface area contributed by atoms with E-state index in [1.807, 2.05) is 13.8 Å². The number of morpholine rings is 1. The first-order chi connectivity index (χ1) is 49.8. The average Bonchev–Trinajstić information content (AvgIpc) is 1.60. The van der Waals surface area contributed by atoms with Gasteiger partial charge in [-0.1, -0.05) is 47.0 Å². The molecule has 4 saturated carbocycles. The number of carbonyl (C=O) groups excluding carboxylic acids is 12. The molecule has 4 saturated heterocycles. The topological polar surface area (TPSA) is 279 Å². The third-order valence-electron chi connectivity index (χ3n) is 24.0. The zero-order valence-electron chi connectivity index (χ0n) is 63.1. The highest BCUT2D eigenvalue weighted by atomic mass is 19.4. The van der Waals surface area contributed by atoms with E-state index in [4.69, 9.17) is 4.74 Å². The van der Waals surface area contributed by atoms with Crippen molar-refractivity contribution < 1.29 is 97.4 Å². The van der Waals surface area contributed by atoms with Crippen molar-refractivity contribution in [1.82, 2.24) is 60.0 Å². The Kier molecular flexibility index (Phi) is 28.8. The number of fused-ring (bicyclic) bond motifs is 3. The Morgan fingerprint density at radius 2 is 1.17 bits per heavy atom. The average molecular weight is 1520 g/mol. The van der Waals surface area contributed by atoms with E-state index in [2.05, 4.69) is 16.0 Å². The Morgan fingerprint density at radius 3 is 1.75 bits per heavy atom. The van der Waals surface area contributed by atoms with Crippen molar-refractivity contribution in [1.29, 1.82) is 0 Å². The third kappa shape index (κ3) is 20.3. The summed E-state index contributed by atoms with van der Waals surface area (Å²) in [6, 6.07) is -11.0. The van der Waals surface area contributed by atoms with Gasteiger partial charge in [0.2, 0.25) is 70.9 Å². The molecule has 3 N–H and O–H groups in total. The highest BCUT2D eigenvalue weighted by Gasteiger charge is 2.58. The summed E-state index contributed by atoms with van der Waals surface area (Å²) in [7, 11) is 8.09. The number of hydrogen-bond acceptors (Lipinski definition) is 13. The zero-order valence-corrected chi connectivity index (χ0v) is 63.1. The number of rotatable bonds is 11. The van der Waals surface area contributed by atoms with Crippen LogP contribution in [0.1, 0.15) is 175 Å². The Labute approximate surface area is 616 Å². The maximum atomic E-state index is 15.6. The largest absolute Gasteiger partial charge is 0.397 e. The van der Waals surface area contributed by atoms with E-state index in [1.54, 1.807) is 13.8 Å². The summed E-state index contributed by atoms with van der Waals surface area (Å²) in [6.45, 7) is 6.06. The van der Waals surface area contributed by atoms with Gasteiger partial charge in [0.15, 0.2) is 0 Å². The Bertz CT molecular complexity index is 3150. The van der Waals surface area contributed by atoms with E-state index in [0.29, 0.717) is 38.5 Å². The normalized spacial score (nSPS) is 32.2. The summed E-state index contributed by atoms with van der Waals surface area (Å²) in [6.07, 6.45) is -14.6. The number of ether oxygens (including phenoxy) is 1. The van der Waals surface area contributed by atoms with Gasteiger partial charge < -0.3 is 64.8 Å². The highest BCUT2D eigenvalue weighted by molar-refractivity contribution is 6.01. The van der Waals surface area contributed by atoms with Crippen LogP contribution in [0.5, 0.6) is 0 Å². The van der Waals surface area contributed by atoms with Gasteiger partial charge in [-0.3, -0.25) is 57.5 Å². The molecule has 2 unspecified atom stereocenters. The first-order valence-corrected chi connectivity index (χ1v) is 38.2. The van der Waals surface area contributed by atoms with Crippen molar-refractivity contribution in [2.24, 2.45) is 41.4 Å². The van der Waals surface area contributed by atoms with Gasteiger partial charge >= 0.3 is 12.4 Å². The van der Waals surface area contributed by atoms with Gasteiger partial charge in [-0.05, 0) is 152 Å². The Balaban J connectivity index is 1.17. The molecule has 4 aliphatic heterocycles. The Morgan fingerprint density at radius 1 is 0.575 bits per heavy atom. The molecular weight excluding hydrogens is 1400 g/mol. The molecule has 0 aromatic rings. The molecule has 1 spiro atoms. The predicted octanol–water partition coefficient (Wildman–Crippen LogP) is 5.55. The van der Waals surface area contributed by atoms with Gasteiger partial charge in [-0.15, -0.1) is 0 Å². The minimum Gasteiger partial charge on any atom is -0.378 e. The number of alkyl halides is 8. The molecule has 0 aromatic carbocycles. The summed E-state index contributed by atoms with van der Waals surface area (Å²) in [5, 5.41) is 8.36. The number of amides is 12. The van der Waals surface area contributed by atoms with Crippen molar-refractivity contribution in [2.75, 3.05) is 94.8 Å². The second-order valence-electron chi connectivity index (χ2n) is 31.9. The SMILES string of the molecule is CC[C@H](C)[C@@H]1NC(=O)[C@H](CC(C)C)N(C)C(=O)C[C@@H](C(=O)N2CCOCC2)N(C)C(=O)[C@H](C2CCCC2)N(C)C(=O)C2(CC2)NC(=O)[C@@H]2CCCN2C(=O)[C@H](CCC2CC(F)C(C(F)(F)F)C(F)C2)NC(=O)CN(C)C(=O)[C@H](CC2CCC(C(F)(F)F)CC2)N2CCCC[C@@H](C2=O)N(C)C(=O)CN(C)C1=O. The molecule has 2 bridgehead atoms. The molecule has 8 fully saturated rings. The maximum Gasteiger partial charge on any atom is 0.397 e. The number of halogens is 8. The van der Waals surface area contributed by atoms with Crippen LogP contribution in [0.15, 0.2) is 0 Å². The molecule has 106 heavy (non-hydrogen) atoms. The van der Waals surface area contributed by atoms with Crippen LogP contribution < -0.4 is 16.0 Å². The lowest BCUT2D eigenvalue weighted by Crippen LogP contribution is -2.62. The summed E-state index contributed by atoms with van der Waals surface area (Å²) < 4.78 is 120. The number of nitrogens with zero attached hydrogens (tertiary/aromatic N) is 9. The van der Waals surface area contributed by atoms with Gasteiger partial charge in [-0.2, -0.15) is 26.3 Å². The van der Waals surface area contributed by atoms with Crippen LogP contribution in [-0.2, 0) is 62.3 Å². The van der Waals surface area contributed by atoms with Crippen LogP contribution in [0.3, 0.4) is 0 Å². The standard InChI is InChI=1S/C73H112F8N12O13/c1-11-43(4)60-68(103)86(6)41-58(96)87(7)52-19-14-15-29-93(67(52)102)55(38-44-21-24-47(25-22-44)72(76,77)78)65(100)85(5)40-56(94)82-50(26-23-45-36-48(74)59(49(75)37-45)73(79,80)81)64(99)92-30-16-20-51(92)63(98)84-71(27-28-71)70(105)90(10)61(46-17-12-13-18-46)69(104)89(9)54(66(101)91-31-33-106-34-32-91)39-57(95)88(8)53(35-42(2)3)62(97)83-60/h42-55,59-61H,11-41H2,1-10H3,(H,82,94)(H,83,97)(H,84,98)/t43-,44?,45?,47?,48?,49?,50-,51-,52-,53-,54-,55-,59?,60-,61-/m0/s1. The fourth-order valence-electron chi connectivity index (χ4n) is 17.1. The number of nitrogens with one attached hydrogen (secondary N) is 3. The quantitative estimate of drug-likeness (QED) is 0.214. The van der Waals surface area contributed by atoms with Crippen molar-refractivity contribution in [3.63, 3.8) is 0 Å². The van der Waals surface area contributed by atoms with Crippen LogP contribution in [0.2, 0.25) is 0 Å². The molecule has 4 heterocycles. The van der Waals surface area contributed by atoms with Crippen molar-refractivity contribution >= 4 is 70.9 Å². The van der Waals surface area contributed by atoms with E-state index in [0.717, 1.165) is 24.5 Å². The fraction of sp³-hybridized carbons (Fsp3) is 0.836. The van der Waals surface area contributed by atoms with Gasteiger partial charge in [0.1, 0.15) is 72.1 Å². The third-order valence-corrected chi connectivity index (χ3v) is 24.0. The lowest BCUT2D eigenvalue weighted by molar-refractivity contribution is -0.219. The lowest BCUT2D eigenvalue weighted by atomic mass is 9.76. The molecule has 598 valence electrons. The first-order valence-electron chi connectivity index (χ1n) is 38.2. The van der Waals surface area contributed by atoms with Crippen molar-refractivity contribution in [3.8, 4) is 0 Å². The summed E-state index contributed by atoms with van der Waals surface area (Å²) in [5.41, 5.74) is -1.62. The molecule has 11 atom stereocenters. The molecule has 33 heteroatoms. The molecule has 4 aliphatic carbocycles. The number of carbonyl (C=O) groups is 12. The lowest BCUT2D eigenvalue weighted by Gasteiger charge is -2.40. The second kappa shape index (κ2) is 36.0. The molecule has 25 nitrogen and oxygen atoms in total. The van der Waals surface area contributed by atoms with E-state index in [9.17, 15) is 55.1 Å². The second-order valence-corrected chi connectivity index (χ2v) is 31.9. The van der Waals surface area contributed by atoms with Crippen LogP contribution in [-0.4, -0.2) is 288 Å². The molecule has 12 amide bonds. The molecule has 8 aliphatic rings. The van der Waals surface area contributed by atoms with Crippen LogP contribution in [0.4, 0.5) is 35.1 Å². The van der Waals surface area contributed by atoms with Gasteiger partial charge in [-0.25, -0.2) is 8.78 Å². The van der Waals surface area contributed by atoms with E-state index in [-0.39, 0.29) is 129 Å². The summed E-state index contributed by atoms with van der Waals surface area (Å²) in [4.78, 5) is 191. The van der Waals surface area contributed by atoms with E-state index < -0.39 is 224 Å². The smallest absolute Gasteiger partial charge is 0.378 e. The highest BCUT2D eigenvalue weighted by Crippen LogP contribution is 2.46. The maximum absolute atomic E-state index is 15.6. The fourth-order valence-corrected chi connectivity index (χ4v) is 17.1. The van der Waals surface area contributed by atoms with Crippen molar-refractivity contribution in [3.05, 3.63) is 0 Å². The van der Waals surface area contributed by atoms with E-state index in [1.165, 1.54) is 61.9 Å². The van der Waals surface area contributed by atoms with E-state index >= 15 is 37.5 Å².